The summed E-state index contributed by atoms with van der Waals surface area (Å²) in [5.74, 6) is 0.799. The van der Waals surface area contributed by atoms with Gasteiger partial charge in [0.15, 0.2) is 0 Å². The molecule has 0 N–H and O–H groups in total. The Morgan fingerprint density at radius 3 is 2.50 bits per heavy atom. The van der Waals surface area contributed by atoms with E-state index in [1.165, 1.54) is 16.7 Å². The van der Waals surface area contributed by atoms with E-state index in [0.717, 1.165) is 16.9 Å². The SMILES string of the molecule is Cc1ccc(C2=C(SCc3ccco3)C(=O)N(CCCOC(C)C)C2=O)cc1. The van der Waals surface area contributed by atoms with E-state index in [9.17, 15) is 9.59 Å². The number of ether oxygens (including phenoxy) is 1. The Morgan fingerprint density at radius 2 is 1.86 bits per heavy atom. The van der Waals surface area contributed by atoms with E-state index in [0.29, 0.717) is 35.8 Å². The minimum absolute atomic E-state index is 0.130. The van der Waals surface area contributed by atoms with Crippen LogP contribution in [0.1, 0.15) is 37.2 Å². The number of thioether (sulfide) groups is 1. The summed E-state index contributed by atoms with van der Waals surface area (Å²) in [6, 6.07) is 11.4. The molecular weight excluding hydrogens is 374 g/mol. The van der Waals surface area contributed by atoms with Crippen molar-refractivity contribution < 1.29 is 18.7 Å². The summed E-state index contributed by atoms with van der Waals surface area (Å²) in [4.78, 5) is 27.9. The van der Waals surface area contributed by atoms with Gasteiger partial charge in [0.1, 0.15) is 5.76 Å². The largest absolute Gasteiger partial charge is 0.468 e. The highest BCUT2D eigenvalue weighted by molar-refractivity contribution is 8.03. The van der Waals surface area contributed by atoms with Crippen molar-refractivity contribution in [2.75, 3.05) is 13.2 Å². The van der Waals surface area contributed by atoms with Gasteiger partial charge in [-0.25, -0.2) is 0 Å². The third-order valence-electron chi connectivity index (χ3n) is 4.38. The molecule has 0 fully saturated rings. The number of furan rings is 1. The summed E-state index contributed by atoms with van der Waals surface area (Å²) in [5.41, 5.74) is 2.35. The van der Waals surface area contributed by atoms with Crippen LogP contribution in [-0.4, -0.2) is 36.0 Å². The Kier molecular flexibility index (Phi) is 6.75. The number of imide groups is 1. The van der Waals surface area contributed by atoms with Crippen molar-refractivity contribution in [3.63, 3.8) is 0 Å². The van der Waals surface area contributed by atoms with Gasteiger partial charge in [-0.1, -0.05) is 29.8 Å². The zero-order valence-corrected chi connectivity index (χ0v) is 17.3. The molecule has 2 heterocycles. The van der Waals surface area contributed by atoms with Gasteiger partial charge in [-0.2, -0.15) is 0 Å². The molecule has 6 heteroatoms. The molecule has 5 nitrogen and oxygen atoms in total. The lowest BCUT2D eigenvalue weighted by Gasteiger charge is -2.15. The zero-order chi connectivity index (χ0) is 20.1. The van der Waals surface area contributed by atoms with E-state index in [4.69, 9.17) is 9.15 Å². The lowest BCUT2D eigenvalue weighted by atomic mass is 10.0. The molecule has 28 heavy (non-hydrogen) atoms. The first-order valence-electron chi connectivity index (χ1n) is 9.41. The van der Waals surface area contributed by atoms with Crippen molar-refractivity contribution in [3.05, 3.63) is 64.5 Å². The molecule has 3 rings (SSSR count). The number of rotatable bonds is 9. The molecular formula is C22H25NO4S. The van der Waals surface area contributed by atoms with E-state index in [1.54, 1.807) is 6.26 Å². The lowest BCUT2D eigenvalue weighted by Crippen LogP contribution is -2.33. The van der Waals surface area contributed by atoms with Gasteiger partial charge in [-0.15, -0.1) is 11.8 Å². The fourth-order valence-corrected chi connectivity index (χ4v) is 3.98. The van der Waals surface area contributed by atoms with Gasteiger partial charge in [0.05, 0.1) is 28.6 Å². The Labute approximate surface area is 169 Å². The van der Waals surface area contributed by atoms with Gasteiger partial charge in [0.25, 0.3) is 11.8 Å². The molecule has 1 aromatic carbocycles. The second kappa shape index (κ2) is 9.26. The summed E-state index contributed by atoms with van der Waals surface area (Å²) < 4.78 is 10.9. The minimum atomic E-state index is -0.236. The lowest BCUT2D eigenvalue weighted by molar-refractivity contribution is -0.136. The fraction of sp³-hybridized carbons (Fsp3) is 0.364. The van der Waals surface area contributed by atoms with Crippen LogP contribution in [0.3, 0.4) is 0 Å². The highest BCUT2D eigenvalue weighted by Crippen LogP contribution is 2.37. The van der Waals surface area contributed by atoms with Crippen molar-refractivity contribution in [1.82, 2.24) is 4.90 Å². The van der Waals surface area contributed by atoms with E-state index < -0.39 is 0 Å². The van der Waals surface area contributed by atoms with Crippen LogP contribution >= 0.6 is 11.8 Å². The maximum atomic E-state index is 13.1. The Morgan fingerprint density at radius 1 is 1.11 bits per heavy atom. The molecule has 0 saturated heterocycles. The number of benzene rings is 1. The third-order valence-corrected chi connectivity index (χ3v) is 5.48. The van der Waals surface area contributed by atoms with Crippen LogP contribution in [0, 0.1) is 6.92 Å². The number of hydrogen-bond acceptors (Lipinski definition) is 5. The second-order valence-corrected chi connectivity index (χ2v) is 7.96. The first kappa shape index (κ1) is 20.4. The monoisotopic (exact) mass is 399 g/mol. The summed E-state index contributed by atoms with van der Waals surface area (Å²) in [6.07, 6.45) is 2.35. The number of carbonyl (C=O) groups excluding carboxylic acids is 2. The molecule has 0 spiro atoms. The van der Waals surface area contributed by atoms with Crippen LogP contribution in [0.5, 0.6) is 0 Å². The Hall–Kier alpha value is -2.31. The molecule has 0 bridgehead atoms. The molecule has 1 aliphatic rings. The molecule has 2 aromatic rings. The first-order chi connectivity index (χ1) is 13.5. The maximum absolute atomic E-state index is 13.1. The van der Waals surface area contributed by atoms with Gasteiger partial charge in [-0.3, -0.25) is 14.5 Å². The molecule has 0 saturated carbocycles. The van der Waals surface area contributed by atoms with Gasteiger partial charge >= 0.3 is 0 Å². The highest BCUT2D eigenvalue weighted by atomic mass is 32.2. The average Bonchev–Trinajstić information content (AvgIpc) is 3.25. The van der Waals surface area contributed by atoms with E-state index in [1.807, 2.05) is 57.2 Å². The number of nitrogens with zero attached hydrogens (tertiary/aromatic N) is 1. The normalized spacial score (nSPS) is 14.6. The topological polar surface area (TPSA) is 59.8 Å². The predicted molar refractivity (Wildman–Crippen MR) is 111 cm³/mol. The van der Waals surface area contributed by atoms with Crippen LogP contribution < -0.4 is 0 Å². The summed E-state index contributed by atoms with van der Waals surface area (Å²) in [7, 11) is 0. The summed E-state index contributed by atoms with van der Waals surface area (Å²) in [5, 5.41) is 0. The van der Waals surface area contributed by atoms with Gasteiger partial charge < -0.3 is 9.15 Å². The molecule has 1 aromatic heterocycles. The van der Waals surface area contributed by atoms with Crippen LogP contribution in [0.4, 0.5) is 0 Å². The van der Waals surface area contributed by atoms with Crippen LogP contribution in [0.25, 0.3) is 5.57 Å². The molecule has 2 amide bonds. The number of hydrogen-bond donors (Lipinski definition) is 0. The van der Waals surface area contributed by atoms with Crippen molar-refractivity contribution in [3.8, 4) is 0 Å². The quantitative estimate of drug-likeness (QED) is 0.462. The first-order valence-corrected chi connectivity index (χ1v) is 10.4. The van der Waals surface area contributed by atoms with Gasteiger partial charge in [0, 0.05) is 13.2 Å². The van der Waals surface area contributed by atoms with E-state index >= 15 is 0 Å². The van der Waals surface area contributed by atoms with Gasteiger partial charge in [0.2, 0.25) is 0 Å². The second-order valence-electron chi connectivity index (χ2n) is 6.97. The van der Waals surface area contributed by atoms with Crippen molar-refractivity contribution in [2.45, 2.75) is 39.0 Å². The Balaban J connectivity index is 1.81. The van der Waals surface area contributed by atoms with Crippen LogP contribution in [0.15, 0.2) is 52.0 Å². The molecule has 0 radical (unpaired) electrons. The van der Waals surface area contributed by atoms with Crippen molar-refractivity contribution in [1.29, 1.82) is 0 Å². The zero-order valence-electron chi connectivity index (χ0n) is 16.4. The minimum Gasteiger partial charge on any atom is -0.468 e. The molecule has 0 atom stereocenters. The summed E-state index contributed by atoms with van der Waals surface area (Å²) in [6.45, 7) is 6.79. The maximum Gasteiger partial charge on any atom is 0.267 e. The number of amides is 2. The predicted octanol–water partition coefficient (Wildman–Crippen LogP) is 4.42. The van der Waals surface area contributed by atoms with Crippen molar-refractivity contribution in [2.24, 2.45) is 0 Å². The average molecular weight is 400 g/mol. The standard InChI is InChI=1S/C22H25NO4S/c1-15(2)26-13-5-11-23-21(24)19(17-9-7-16(3)8-10-17)20(22(23)25)28-14-18-6-4-12-27-18/h4,6-10,12,15H,5,11,13-14H2,1-3H3. The summed E-state index contributed by atoms with van der Waals surface area (Å²) >= 11 is 1.35. The molecule has 0 unspecified atom stereocenters. The van der Waals surface area contributed by atoms with Gasteiger partial charge in [-0.05, 0) is 44.9 Å². The van der Waals surface area contributed by atoms with E-state index in [-0.39, 0.29) is 17.9 Å². The number of carbonyl (C=O) groups is 2. The van der Waals surface area contributed by atoms with Crippen LogP contribution in [-0.2, 0) is 20.1 Å². The van der Waals surface area contributed by atoms with Crippen LogP contribution in [0.2, 0.25) is 0 Å². The van der Waals surface area contributed by atoms with Crippen molar-refractivity contribution >= 4 is 29.1 Å². The smallest absolute Gasteiger partial charge is 0.267 e. The number of aryl methyl sites for hydroxylation is 1. The van der Waals surface area contributed by atoms with E-state index in [2.05, 4.69) is 0 Å². The third kappa shape index (κ3) is 4.75. The highest BCUT2D eigenvalue weighted by Gasteiger charge is 2.38. The molecule has 1 aliphatic heterocycles. The Bertz CT molecular complexity index is 853. The molecule has 0 aliphatic carbocycles. The molecule has 148 valence electrons. The fourth-order valence-electron chi connectivity index (χ4n) is 2.95.